The molecule has 2 heteroatoms. The van der Waals surface area contributed by atoms with Gasteiger partial charge in [-0.1, -0.05) is 48.5 Å². The zero-order chi connectivity index (χ0) is 14.5. The van der Waals surface area contributed by atoms with Crippen LogP contribution < -0.4 is 5.32 Å². The highest BCUT2D eigenvalue weighted by Gasteiger charge is 2.01. The molecule has 0 fully saturated rings. The maximum atomic E-state index is 4.32. The Kier molecular flexibility index (Phi) is 4.27. The Balaban J connectivity index is 1.61. The van der Waals surface area contributed by atoms with Crippen molar-refractivity contribution in [1.82, 2.24) is 10.3 Å². The average molecular weight is 276 g/mol. The number of rotatable bonds is 5. The molecular formula is C19H20N2. The van der Waals surface area contributed by atoms with Crippen LogP contribution in [0.15, 0.2) is 60.9 Å². The van der Waals surface area contributed by atoms with E-state index in [4.69, 9.17) is 0 Å². The van der Waals surface area contributed by atoms with Crippen LogP contribution in [0.5, 0.6) is 0 Å². The van der Waals surface area contributed by atoms with Crippen molar-refractivity contribution in [3.63, 3.8) is 0 Å². The maximum absolute atomic E-state index is 4.32. The van der Waals surface area contributed by atoms with Gasteiger partial charge in [-0.2, -0.15) is 0 Å². The molecule has 2 aromatic carbocycles. The number of aromatic nitrogens is 1. The van der Waals surface area contributed by atoms with Crippen molar-refractivity contribution >= 4 is 10.8 Å². The molecule has 2 nitrogen and oxygen atoms in total. The fourth-order valence-corrected chi connectivity index (χ4v) is 2.66. The molecule has 0 bridgehead atoms. The molecule has 0 saturated carbocycles. The molecule has 0 spiro atoms. The Labute approximate surface area is 125 Å². The predicted molar refractivity (Wildman–Crippen MR) is 88.3 cm³/mol. The van der Waals surface area contributed by atoms with Crippen LogP contribution in [0.2, 0.25) is 0 Å². The van der Waals surface area contributed by atoms with E-state index in [-0.39, 0.29) is 0 Å². The monoisotopic (exact) mass is 276 g/mol. The summed E-state index contributed by atoms with van der Waals surface area (Å²) in [5.74, 6) is 0. The van der Waals surface area contributed by atoms with E-state index in [1.165, 1.54) is 27.5 Å². The summed E-state index contributed by atoms with van der Waals surface area (Å²) in [4.78, 5) is 4.32. The summed E-state index contributed by atoms with van der Waals surface area (Å²) in [6, 6.07) is 17.0. The summed E-state index contributed by atoms with van der Waals surface area (Å²) in [7, 11) is 0. The Morgan fingerprint density at radius 1 is 0.905 bits per heavy atom. The van der Waals surface area contributed by atoms with Gasteiger partial charge in [0.25, 0.3) is 0 Å². The number of aryl methyl sites for hydroxylation is 1. The van der Waals surface area contributed by atoms with Gasteiger partial charge in [-0.3, -0.25) is 4.98 Å². The second-order valence-electron chi connectivity index (χ2n) is 5.37. The van der Waals surface area contributed by atoms with Crippen molar-refractivity contribution in [1.29, 1.82) is 0 Å². The van der Waals surface area contributed by atoms with Crippen molar-refractivity contribution in [2.75, 3.05) is 6.54 Å². The van der Waals surface area contributed by atoms with Crippen LogP contribution >= 0.6 is 0 Å². The number of nitrogens with zero attached hydrogens (tertiary/aromatic N) is 1. The SMILES string of the molecule is Cc1ccccc1CCNCc1cncc2ccccc12. The van der Waals surface area contributed by atoms with Crippen LogP contribution in [-0.4, -0.2) is 11.5 Å². The summed E-state index contributed by atoms with van der Waals surface area (Å²) in [5, 5.41) is 6.02. The van der Waals surface area contributed by atoms with Crippen LogP contribution in [0.25, 0.3) is 10.8 Å². The minimum absolute atomic E-state index is 0.861. The van der Waals surface area contributed by atoms with E-state index in [0.717, 1.165) is 19.5 Å². The second kappa shape index (κ2) is 6.51. The van der Waals surface area contributed by atoms with Gasteiger partial charge in [-0.25, -0.2) is 0 Å². The number of nitrogens with one attached hydrogen (secondary N) is 1. The summed E-state index contributed by atoms with van der Waals surface area (Å²) in [6.07, 6.45) is 4.94. The first kappa shape index (κ1) is 13.8. The molecular weight excluding hydrogens is 256 g/mol. The van der Waals surface area contributed by atoms with Gasteiger partial charge in [-0.15, -0.1) is 0 Å². The minimum atomic E-state index is 0.861. The number of benzene rings is 2. The molecule has 1 N–H and O–H groups in total. The fraction of sp³-hybridized carbons (Fsp3) is 0.211. The van der Waals surface area contributed by atoms with Crippen LogP contribution in [0.3, 0.4) is 0 Å². The van der Waals surface area contributed by atoms with Gasteiger partial charge in [-0.05, 0) is 42.0 Å². The van der Waals surface area contributed by atoms with Gasteiger partial charge in [0.15, 0.2) is 0 Å². The summed E-state index contributed by atoms with van der Waals surface area (Å²) >= 11 is 0. The standard InChI is InChI=1S/C19H20N2/c1-15-6-2-3-7-16(15)10-11-20-13-18-14-21-12-17-8-4-5-9-19(17)18/h2-9,12,14,20H,10-11,13H2,1H3. The van der Waals surface area contributed by atoms with E-state index in [9.17, 15) is 0 Å². The first-order valence-corrected chi connectivity index (χ1v) is 7.41. The molecule has 0 unspecified atom stereocenters. The molecule has 0 aliphatic rings. The van der Waals surface area contributed by atoms with Crippen molar-refractivity contribution in [2.45, 2.75) is 19.9 Å². The Morgan fingerprint density at radius 2 is 1.71 bits per heavy atom. The second-order valence-corrected chi connectivity index (χ2v) is 5.37. The van der Waals surface area contributed by atoms with Gasteiger partial charge in [0, 0.05) is 24.3 Å². The van der Waals surface area contributed by atoms with Crippen molar-refractivity contribution in [2.24, 2.45) is 0 Å². The zero-order valence-electron chi connectivity index (χ0n) is 12.3. The summed E-state index contributed by atoms with van der Waals surface area (Å²) in [5.41, 5.74) is 4.05. The van der Waals surface area contributed by atoms with E-state index in [1.807, 2.05) is 12.4 Å². The Hall–Kier alpha value is -2.19. The molecule has 3 aromatic rings. The first-order chi connectivity index (χ1) is 10.3. The number of pyridine rings is 1. The lowest BCUT2D eigenvalue weighted by atomic mass is 10.1. The lowest BCUT2D eigenvalue weighted by molar-refractivity contribution is 0.687. The molecule has 0 atom stereocenters. The van der Waals surface area contributed by atoms with E-state index in [1.54, 1.807) is 0 Å². The normalized spacial score (nSPS) is 10.9. The van der Waals surface area contributed by atoms with Gasteiger partial charge < -0.3 is 5.32 Å². The van der Waals surface area contributed by atoms with Crippen LogP contribution in [0, 0.1) is 6.92 Å². The third kappa shape index (κ3) is 3.29. The molecule has 106 valence electrons. The van der Waals surface area contributed by atoms with Crippen LogP contribution in [0.4, 0.5) is 0 Å². The molecule has 3 rings (SSSR count). The highest BCUT2D eigenvalue weighted by atomic mass is 14.8. The number of fused-ring (bicyclic) bond motifs is 1. The molecule has 0 saturated heterocycles. The fourth-order valence-electron chi connectivity index (χ4n) is 2.66. The van der Waals surface area contributed by atoms with Crippen molar-refractivity contribution in [3.8, 4) is 0 Å². The van der Waals surface area contributed by atoms with E-state index < -0.39 is 0 Å². The molecule has 0 aliphatic carbocycles. The minimum Gasteiger partial charge on any atom is -0.312 e. The lowest BCUT2D eigenvalue weighted by Gasteiger charge is -2.09. The predicted octanol–water partition coefficient (Wildman–Crippen LogP) is 3.88. The topological polar surface area (TPSA) is 24.9 Å². The van der Waals surface area contributed by atoms with Crippen LogP contribution in [0.1, 0.15) is 16.7 Å². The average Bonchev–Trinajstić information content (AvgIpc) is 2.53. The number of hydrogen-bond donors (Lipinski definition) is 1. The molecule has 1 aromatic heterocycles. The largest absolute Gasteiger partial charge is 0.312 e. The van der Waals surface area contributed by atoms with Gasteiger partial charge in [0.1, 0.15) is 0 Å². The van der Waals surface area contributed by atoms with Gasteiger partial charge >= 0.3 is 0 Å². The molecule has 1 heterocycles. The van der Waals surface area contributed by atoms with E-state index >= 15 is 0 Å². The zero-order valence-corrected chi connectivity index (χ0v) is 12.3. The highest BCUT2D eigenvalue weighted by Crippen LogP contribution is 2.16. The van der Waals surface area contributed by atoms with Crippen LogP contribution in [-0.2, 0) is 13.0 Å². The highest BCUT2D eigenvalue weighted by molar-refractivity contribution is 5.84. The molecule has 0 amide bonds. The molecule has 0 radical (unpaired) electrons. The van der Waals surface area contributed by atoms with Gasteiger partial charge in [0.2, 0.25) is 0 Å². The first-order valence-electron chi connectivity index (χ1n) is 7.41. The summed E-state index contributed by atoms with van der Waals surface area (Å²) < 4.78 is 0. The van der Waals surface area contributed by atoms with E-state index in [0.29, 0.717) is 0 Å². The quantitative estimate of drug-likeness (QED) is 0.715. The smallest absolute Gasteiger partial charge is 0.0346 e. The third-order valence-corrected chi connectivity index (χ3v) is 3.90. The number of hydrogen-bond acceptors (Lipinski definition) is 2. The molecule has 0 aliphatic heterocycles. The Bertz CT molecular complexity index is 729. The lowest BCUT2D eigenvalue weighted by Crippen LogP contribution is -2.17. The maximum Gasteiger partial charge on any atom is 0.0346 e. The van der Waals surface area contributed by atoms with E-state index in [2.05, 4.69) is 65.8 Å². The van der Waals surface area contributed by atoms with Gasteiger partial charge in [0.05, 0.1) is 0 Å². The third-order valence-electron chi connectivity index (χ3n) is 3.90. The molecule has 21 heavy (non-hydrogen) atoms. The van der Waals surface area contributed by atoms with Crippen molar-refractivity contribution < 1.29 is 0 Å². The summed E-state index contributed by atoms with van der Waals surface area (Å²) in [6.45, 7) is 4.01. The Morgan fingerprint density at radius 3 is 2.62 bits per heavy atom. The van der Waals surface area contributed by atoms with Crippen molar-refractivity contribution in [3.05, 3.63) is 77.6 Å².